The quantitative estimate of drug-likeness (QED) is 0.554. The average Bonchev–Trinajstić information content (AvgIpc) is 3.22. The second-order valence-electron chi connectivity index (χ2n) is 7.18. The minimum Gasteiger partial charge on any atom is -0.496 e. The van der Waals surface area contributed by atoms with Crippen molar-refractivity contribution in [1.82, 2.24) is 10.6 Å². The number of methoxy groups -OCH3 is 1. The zero-order valence-corrected chi connectivity index (χ0v) is 17.8. The van der Waals surface area contributed by atoms with E-state index in [4.69, 9.17) is 21.1 Å². The van der Waals surface area contributed by atoms with E-state index in [1.165, 1.54) is 18.6 Å². The van der Waals surface area contributed by atoms with E-state index in [2.05, 4.69) is 27.4 Å². The Labute approximate surface area is 171 Å². The average molecular weight is 412 g/mol. The van der Waals surface area contributed by atoms with E-state index in [1.54, 1.807) is 7.11 Å². The summed E-state index contributed by atoms with van der Waals surface area (Å²) in [7, 11) is 3.54. The first-order valence-corrected chi connectivity index (χ1v) is 11.1. The second-order valence-corrected chi connectivity index (χ2v) is 9.02. The lowest BCUT2D eigenvalue weighted by molar-refractivity contribution is 0.0505. The molecule has 2 saturated heterocycles. The zero-order chi connectivity index (χ0) is 19.1. The van der Waals surface area contributed by atoms with Crippen LogP contribution in [-0.2, 0) is 10.2 Å². The van der Waals surface area contributed by atoms with E-state index < -0.39 is 0 Å². The molecule has 1 aromatic carbocycles. The van der Waals surface area contributed by atoms with Crippen molar-refractivity contribution in [2.45, 2.75) is 36.3 Å². The highest BCUT2D eigenvalue weighted by Gasteiger charge is 2.37. The summed E-state index contributed by atoms with van der Waals surface area (Å²) in [5, 5.41) is 8.46. The molecule has 2 aliphatic rings. The first-order valence-electron chi connectivity index (χ1n) is 9.65. The van der Waals surface area contributed by atoms with Crippen molar-refractivity contribution in [3.63, 3.8) is 0 Å². The molecule has 0 aromatic heterocycles. The molecule has 0 saturated carbocycles. The van der Waals surface area contributed by atoms with Crippen molar-refractivity contribution in [1.29, 1.82) is 0 Å². The topological polar surface area (TPSA) is 54.9 Å². The number of thioether (sulfide) groups is 1. The van der Waals surface area contributed by atoms with Crippen molar-refractivity contribution < 1.29 is 9.47 Å². The number of nitrogens with one attached hydrogen (secondary N) is 2. The molecule has 0 spiro atoms. The third kappa shape index (κ3) is 5.24. The van der Waals surface area contributed by atoms with Gasteiger partial charge in [-0.25, -0.2) is 0 Å². The van der Waals surface area contributed by atoms with Gasteiger partial charge in [-0.3, -0.25) is 4.99 Å². The molecule has 2 heterocycles. The second kappa shape index (κ2) is 9.89. The fourth-order valence-electron chi connectivity index (χ4n) is 3.89. The van der Waals surface area contributed by atoms with Crippen molar-refractivity contribution in [3.05, 3.63) is 28.8 Å². The Kier molecular flexibility index (Phi) is 7.56. The highest BCUT2D eigenvalue weighted by molar-refractivity contribution is 8.00. The lowest BCUT2D eigenvalue weighted by atomic mass is 9.73. The third-order valence-electron chi connectivity index (χ3n) is 5.52. The van der Waals surface area contributed by atoms with Gasteiger partial charge in [-0.15, -0.1) is 0 Å². The van der Waals surface area contributed by atoms with Gasteiger partial charge in [0.25, 0.3) is 0 Å². The van der Waals surface area contributed by atoms with Gasteiger partial charge in [0.1, 0.15) is 5.75 Å². The van der Waals surface area contributed by atoms with Crippen LogP contribution in [0.4, 0.5) is 0 Å². The Hall–Kier alpha value is -1.11. The van der Waals surface area contributed by atoms with E-state index in [1.807, 2.05) is 25.2 Å². The van der Waals surface area contributed by atoms with Crippen LogP contribution in [0.5, 0.6) is 5.75 Å². The van der Waals surface area contributed by atoms with Crippen molar-refractivity contribution in [2.75, 3.05) is 46.2 Å². The number of nitrogens with zero attached hydrogens (tertiary/aromatic N) is 1. The van der Waals surface area contributed by atoms with Crippen LogP contribution in [0.3, 0.4) is 0 Å². The first kappa shape index (κ1) is 20.6. The van der Waals surface area contributed by atoms with Gasteiger partial charge in [0.15, 0.2) is 5.96 Å². The van der Waals surface area contributed by atoms with Gasteiger partial charge < -0.3 is 20.1 Å². The molecule has 5 nitrogen and oxygen atoms in total. The Balaban J connectivity index is 1.72. The monoisotopic (exact) mass is 411 g/mol. The van der Waals surface area contributed by atoms with Crippen LogP contribution in [0.1, 0.15) is 31.2 Å². The Morgan fingerprint density at radius 2 is 2.19 bits per heavy atom. The van der Waals surface area contributed by atoms with Gasteiger partial charge in [0, 0.05) is 54.6 Å². The molecule has 1 aromatic rings. The van der Waals surface area contributed by atoms with Crippen LogP contribution >= 0.6 is 23.4 Å². The molecule has 0 amide bonds. The fourth-order valence-corrected chi connectivity index (χ4v) is 5.26. The lowest BCUT2D eigenvalue weighted by Gasteiger charge is -2.39. The van der Waals surface area contributed by atoms with Crippen LogP contribution in [-0.4, -0.2) is 57.4 Å². The van der Waals surface area contributed by atoms with Crippen molar-refractivity contribution in [3.8, 4) is 5.75 Å². The number of hydrogen-bond acceptors (Lipinski definition) is 4. The molecule has 0 radical (unpaired) electrons. The van der Waals surface area contributed by atoms with E-state index >= 15 is 0 Å². The number of hydrogen-bond donors (Lipinski definition) is 2. The third-order valence-corrected chi connectivity index (χ3v) is 7.16. The molecule has 0 bridgehead atoms. The summed E-state index contributed by atoms with van der Waals surface area (Å²) in [6.45, 7) is 3.20. The first-order chi connectivity index (χ1) is 13.2. The summed E-state index contributed by atoms with van der Waals surface area (Å²) in [4.78, 5) is 4.41. The lowest BCUT2D eigenvalue weighted by Crippen LogP contribution is -2.49. The smallest absolute Gasteiger partial charge is 0.191 e. The summed E-state index contributed by atoms with van der Waals surface area (Å²) in [6.07, 6.45) is 4.45. The molecule has 2 N–H and O–H groups in total. The summed E-state index contributed by atoms with van der Waals surface area (Å²) in [5.74, 6) is 3.01. The number of ether oxygens (including phenoxy) is 2. The molecule has 1 unspecified atom stereocenters. The van der Waals surface area contributed by atoms with Gasteiger partial charge in [-0.05, 0) is 49.6 Å². The van der Waals surface area contributed by atoms with Crippen LogP contribution in [0.25, 0.3) is 0 Å². The fraction of sp³-hybridized carbons (Fsp3) is 0.650. The molecule has 2 aliphatic heterocycles. The molecule has 150 valence electrons. The molecule has 7 heteroatoms. The molecular weight excluding hydrogens is 382 g/mol. The van der Waals surface area contributed by atoms with Gasteiger partial charge >= 0.3 is 0 Å². The molecular formula is C20H30ClN3O2S. The molecule has 1 atom stereocenters. The molecule has 0 aliphatic carbocycles. The number of guanidine groups is 1. The highest BCUT2D eigenvalue weighted by Crippen LogP contribution is 2.40. The van der Waals surface area contributed by atoms with Gasteiger partial charge in [0.05, 0.1) is 7.11 Å². The normalized spacial score (nSPS) is 22.5. The maximum atomic E-state index is 6.32. The van der Waals surface area contributed by atoms with Gasteiger partial charge in [-0.1, -0.05) is 11.6 Å². The standard InChI is InChI=1S/C20H30ClN3O2S/c1-22-19(23-13-16-4-3-11-27-16)24-14-20(7-9-26-10-8-20)17-12-15(21)5-6-18(17)25-2/h5-6,12,16H,3-4,7-11,13-14H2,1-2H3,(H2,22,23,24). The summed E-state index contributed by atoms with van der Waals surface area (Å²) in [6, 6.07) is 5.88. The van der Waals surface area contributed by atoms with E-state index in [-0.39, 0.29) is 5.41 Å². The molecule has 2 fully saturated rings. The van der Waals surface area contributed by atoms with Crippen molar-refractivity contribution in [2.24, 2.45) is 4.99 Å². The predicted molar refractivity (Wildman–Crippen MR) is 115 cm³/mol. The predicted octanol–water partition coefficient (Wildman–Crippen LogP) is 3.46. The maximum Gasteiger partial charge on any atom is 0.191 e. The van der Waals surface area contributed by atoms with E-state index in [0.29, 0.717) is 5.25 Å². The zero-order valence-electron chi connectivity index (χ0n) is 16.2. The summed E-state index contributed by atoms with van der Waals surface area (Å²) < 4.78 is 11.3. The summed E-state index contributed by atoms with van der Waals surface area (Å²) >= 11 is 8.37. The minimum atomic E-state index is -0.0891. The number of aliphatic imine (C=N–C) groups is 1. The molecule has 27 heavy (non-hydrogen) atoms. The number of benzene rings is 1. The van der Waals surface area contributed by atoms with Crippen LogP contribution < -0.4 is 15.4 Å². The SMILES string of the molecule is CN=C(NCC1CCCS1)NCC1(c2cc(Cl)ccc2OC)CCOCC1. The highest BCUT2D eigenvalue weighted by atomic mass is 35.5. The Morgan fingerprint density at radius 3 is 2.85 bits per heavy atom. The summed E-state index contributed by atoms with van der Waals surface area (Å²) in [5.41, 5.74) is 1.06. The minimum absolute atomic E-state index is 0.0891. The van der Waals surface area contributed by atoms with Crippen LogP contribution in [0, 0.1) is 0 Å². The van der Waals surface area contributed by atoms with Crippen LogP contribution in [0.15, 0.2) is 23.2 Å². The van der Waals surface area contributed by atoms with Gasteiger partial charge in [-0.2, -0.15) is 11.8 Å². The van der Waals surface area contributed by atoms with E-state index in [0.717, 1.165) is 61.4 Å². The maximum absolute atomic E-state index is 6.32. The van der Waals surface area contributed by atoms with Crippen molar-refractivity contribution >= 4 is 29.3 Å². The number of rotatable bonds is 6. The van der Waals surface area contributed by atoms with Crippen LogP contribution in [0.2, 0.25) is 5.02 Å². The molecule has 3 rings (SSSR count). The van der Waals surface area contributed by atoms with Gasteiger partial charge in [0.2, 0.25) is 0 Å². The Bertz CT molecular complexity index is 644. The number of halogens is 1. The van der Waals surface area contributed by atoms with E-state index in [9.17, 15) is 0 Å². The Morgan fingerprint density at radius 1 is 1.37 bits per heavy atom. The largest absolute Gasteiger partial charge is 0.496 e.